The first-order valence-electron chi connectivity index (χ1n) is 6.44. The van der Waals surface area contributed by atoms with Gasteiger partial charge in [-0.15, -0.1) is 0 Å². The number of halogens is 1. The summed E-state index contributed by atoms with van der Waals surface area (Å²) < 4.78 is 13.2. The first-order valence-corrected chi connectivity index (χ1v) is 6.44. The van der Waals surface area contributed by atoms with Crippen LogP contribution in [0, 0.1) is 12.7 Å². The van der Waals surface area contributed by atoms with Crippen LogP contribution < -0.4 is 0 Å². The molecular formula is C17H14FNO. The summed E-state index contributed by atoms with van der Waals surface area (Å²) >= 11 is 0. The third-order valence-electron chi connectivity index (χ3n) is 3.48. The second-order valence-corrected chi connectivity index (χ2v) is 4.83. The smallest absolute Gasteiger partial charge is 0.123 e. The zero-order valence-electron chi connectivity index (χ0n) is 11.0. The first-order chi connectivity index (χ1) is 9.66. The number of aryl methyl sites for hydroxylation is 1. The second kappa shape index (κ2) is 5.02. The van der Waals surface area contributed by atoms with Crippen molar-refractivity contribution in [3.8, 4) is 0 Å². The summed E-state index contributed by atoms with van der Waals surface area (Å²) in [6, 6.07) is 13.9. The average Bonchev–Trinajstić information content (AvgIpc) is 2.46. The molecule has 0 aliphatic heterocycles. The second-order valence-electron chi connectivity index (χ2n) is 4.83. The Labute approximate surface area is 116 Å². The molecule has 3 rings (SSSR count). The Morgan fingerprint density at radius 2 is 1.85 bits per heavy atom. The summed E-state index contributed by atoms with van der Waals surface area (Å²) in [7, 11) is 0. The van der Waals surface area contributed by atoms with Crippen molar-refractivity contribution in [2.75, 3.05) is 0 Å². The van der Waals surface area contributed by atoms with Crippen LogP contribution in [-0.2, 0) is 0 Å². The Kier molecular flexibility index (Phi) is 3.20. The number of aliphatic hydroxyl groups is 1. The van der Waals surface area contributed by atoms with Gasteiger partial charge in [0, 0.05) is 17.1 Å². The number of hydrogen-bond donors (Lipinski definition) is 1. The van der Waals surface area contributed by atoms with Gasteiger partial charge in [0.15, 0.2) is 0 Å². The molecule has 2 aromatic carbocycles. The lowest BCUT2D eigenvalue weighted by atomic mass is 9.95. The number of aliphatic hydroxyl groups excluding tert-OH is 1. The van der Waals surface area contributed by atoms with Crippen LogP contribution in [0.15, 0.2) is 54.7 Å². The number of nitrogens with zero attached hydrogens (tertiary/aromatic N) is 1. The molecule has 0 radical (unpaired) electrons. The van der Waals surface area contributed by atoms with Gasteiger partial charge in [-0.3, -0.25) is 4.98 Å². The highest BCUT2D eigenvalue weighted by Crippen LogP contribution is 2.29. The zero-order chi connectivity index (χ0) is 14.1. The van der Waals surface area contributed by atoms with E-state index in [-0.39, 0.29) is 5.82 Å². The monoisotopic (exact) mass is 267 g/mol. The van der Waals surface area contributed by atoms with Gasteiger partial charge in [-0.2, -0.15) is 0 Å². The summed E-state index contributed by atoms with van der Waals surface area (Å²) in [5.41, 5.74) is 2.93. The standard InChI is InChI=1S/C17H14FNO/c1-11-10-13(18)7-8-14(11)17(20)15-6-2-4-12-5-3-9-19-16(12)15/h2-10,17,20H,1H3. The molecule has 3 heteroatoms. The lowest BCUT2D eigenvalue weighted by Gasteiger charge is -2.15. The molecule has 0 fully saturated rings. The topological polar surface area (TPSA) is 33.1 Å². The molecule has 100 valence electrons. The number of pyridine rings is 1. The van der Waals surface area contributed by atoms with Crippen molar-refractivity contribution in [2.24, 2.45) is 0 Å². The molecule has 1 heterocycles. The minimum Gasteiger partial charge on any atom is -0.384 e. The van der Waals surface area contributed by atoms with Gasteiger partial charge in [-0.1, -0.05) is 30.3 Å². The van der Waals surface area contributed by atoms with Crippen LogP contribution in [0.3, 0.4) is 0 Å². The molecular weight excluding hydrogens is 253 g/mol. The van der Waals surface area contributed by atoms with Crippen molar-refractivity contribution >= 4 is 10.9 Å². The lowest BCUT2D eigenvalue weighted by molar-refractivity contribution is 0.221. The molecule has 0 saturated heterocycles. The average molecular weight is 267 g/mol. The SMILES string of the molecule is Cc1cc(F)ccc1C(O)c1cccc2cccnc12. The van der Waals surface area contributed by atoms with Crippen LogP contribution in [-0.4, -0.2) is 10.1 Å². The fourth-order valence-corrected chi connectivity index (χ4v) is 2.46. The summed E-state index contributed by atoms with van der Waals surface area (Å²) in [5.74, 6) is -0.297. The van der Waals surface area contributed by atoms with Gasteiger partial charge < -0.3 is 5.11 Å². The highest BCUT2D eigenvalue weighted by molar-refractivity contribution is 5.82. The number of hydrogen-bond acceptors (Lipinski definition) is 2. The van der Waals surface area contributed by atoms with Gasteiger partial charge in [0.25, 0.3) is 0 Å². The minimum atomic E-state index is -0.811. The zero-order valence-corrected chi connectivity index (χ0v) is 11.0. The van der Waals surface area contributed by atoms with Gasteiger partial charge in [0.1, 0.15) is 11.9 Å². The molecule has 20 heavy (non-hydrogen) atoms. The van der Waals surface area contributed by atoms with Gasteiger partial charge in [-0.25, -0.2) is 4.39 Å². The highest BCUT2D eigenvalue weighted by atomic mass is 19.1. The number of para-hydroxylation sites is 1. The minimum absolute atomic E-state index is 0.297. The Morgan fingerprint density at radius 1 is 1.05 bits per heavy atom. The molecule has 1 aromatic heterocycles. The molecule has 0 aliphatic carbocycles. The Hall–Kier alpha value is -2.26. The maximum absolute atomic E-state index is 13.2. The van der Waals surface area contributed by atoms with E-state index >= 15 is 0 Å². The lowest BCUT2D eigenvalue weighted by Crippen LogP contribution is -2.03. The molecule has 0 aliphatic rings. The van der Waals surface area contributed by atoms with Gasteiger partial charge in [0.2, 0.25) is 0 Å². The van der Waals surface area contributed by atoms with E-state index in [1.807, 2.05) is 30.3 Å². The van der Waals surface area contributed by atoms with E-state index in [2.05, 4.69) is 4.98 Å². The van der Waals surface area contributed by atoms with Crippen molar-refractivity contribution in [2.45, 2.75) is 13.0 Å². The Morgan fingerprint density at radius 3 is 2.65 bits per heavy atom. The van der Waals surface area contributed by atoms with Gasteiger partial charge >= 0.3 is 0 Å². The summed E-state index contributed by atoms with van der Waals surface area (Å²) in [6.07, 6.45) is 0.894. The maximum atomic E-state index is 13.2. The van der Waals surface area contributed by atoms with Gasteiger partial charge in [-0.05, 0) is 36.2 Å². The predicted octanol–water partition coefficient (Wildman–Crippen LogP) is 3.76. The van der Waals surface area contributed by atoms with Crippen LogP contribution in [0.4, 0.5) is 4.39 Å². The summed E-state index contributed by atoms with van der Waals surface area (Å²) in [6.45, 7) is 1.79. The third-order valence-corrected chi connectivity index (χ3v) is 3.48. The molecule has 0 amide bonds. The van der Waals surface area contributed by atoms with E-state index in [4.69, 9.17) is 0 Å². The number of benzene rings is 2. The van der Waals surface area contributed by atoms with Crippen LogP contribution in [0.2, 0.25) is 0 Å². The fourth-order valence-electron chi connectivity index (χ4n) is 2.46. The van der Waals surface area contributed by atoms with Crippen LogP contribution >= 0.6 is 0 Å². The third kappa shape index (κ3) is 2.17. The Bertz CT molecular complexity index is 765. The molecule has 0 spiro atoms. The maximum Gasteiger partial charge on any atom is 0.123 e. The fraction of sp³-hybridized carbons (Fsp3) is 0.118. The number of fused-ring (bicyclic) bond motifs is 1. The first kappa shape index (κ1) is 12.8. The quantitative estimate of drug-likeness (QED) is 0.766. The van der Waals surface area contributed by atoms with Crippen LogP contribution in [0.25, 0.3) is 10.9 Å². The van der Waals surface area contributed by atoms with Crippen molar-refractivity contribution in [3.05, 3.63) is 77.2 Å². The van der Waals surface area contributed by atoms with Crippen LogP contribution in [0.5, 0.6) is 0 Å². The molecule has 0 saturated carbocycles. The molecule has 1 atom stereocenters. The van der Waals surface area contributed by atoms with E-state index < -0.39 is 6.10 Å². The summed E-state index contributed by atoms with van der Waals surface area (Å²) in [5, 5.41) is 11.6. The molecule has 0 bridgehead atoms. The van der Waals surface area contributed by atoms with Gasteiger partial charge in [0.05, 0.1) is 5.52 Å². The van der Waals surface area contributed by atoms with E-state index in [1.54, 1.807) is 19.2 Å². The molecule has 2 nitrogen and oxygen atoms in total. The van der Waals surface area contributed by atoms with Crippen molar-refractivity contribution in [3.63, 3.8) is 0 Å². The van der Waals surface area contributed by atoms with E-state index in [0.717, 1.165) is 22.0 Å². The molecule has 1 N–H and O–H groups in total. The number of aromatic nitrogens is 1. The highest BCUT2D eigenvalue weighted by Gasteiger charge is 2.16. The van der Waals surface area contributed by atoms with Crippen molar-refractivity contribution < 1.29 is 9.50 Å². The predicted molar refractivity (Wildman–Crippen MR) is 76.9 cm³/mol. The molecule has 3 aromatic rings. The van der Waals surface area contributed by atoms with Crippen LogP contribution in [0.1, 0.15) is 22.8 Å². The van der Waals surface area contributed by atoms with E-state index in [0.29, 0.717) is 5.56 Å². The number of rotatable bonds is 2. The normalized spacial score (nSPS) is 12.6. The summed E-state index contributed by atoms with van der Waals surface area (Å²) in [4.78, 5) is 4.34. The van der Waals surface area contributed by atoms with E-state index in [1.165, 1.54) is 12.1 Å². The van der Waals surface area contributed by atoms with Crippen molar-refractivity contribution in [1.82, 2.24) is 4.98 Å². The Balaban J connectivity index is 2.15. The largest absolute Gasteiger partial charge is 0.384 e. The molecule has 1 unspecified atom stereocenters. The van der Waals surface area contributed by atoms with E-state index in [9.17, 15) is 9.50 Å². The van der Waals surface area contributed by atoms with Crippen molar-refractivity contribution in [1.29, 1.82) is 0 Å².